The van der Waals surface area contributed by atoms with Crippen LogP contribution >= 0.6 is 11.3 Å². The number of thiazole rings is 1. The number of hydrogen-bond acceptors (Lipinski definition) is 4. The zero-order valence-corrected chi connectivity index (χ0v) is 11.1. The SMILES string of the molecule is CCc1ncc(CNCCCCCOC)s1. The van der Waals surface area contributed by atoms with Gasteiger partial charge < -0.3 is 10.1 Å². The molecule has 0 aliphatic carbocycles. The minimum absolute atomic E-state index is 0.884. The monoisotopic (exact) mass is 242 g/mol. The molecule has 1 heterocycles. The Morgan fingerprint density at radius 3 is 2.94 bits per heavy atom. The van der Waals surface area contributed by atoms with Crippen LogP contribution in [0.2, 0.25) is 0 Å². The van der Waals surface area contributed by atoms with Crippen molar-refractivity contribution >= 4 is 11.3 Å². The molecule has 3 nitrogen and oxygen atoms in total. The second kappa shape index (κ2) is 8.67. The lowest BCUT2D eigenvalue weighted by molar-refractivity contribution is 0.192. The average molecular weight is 242 g/mol. The van der Waals surface area contributed by atoms with Crippen molar-refractivity contribution in [2.45, 2.75) is 39.2 Å². The number of aromatic nitrogens is 1. The second-order valence-electron chi connectivity index (χ2n) is 3.80. The highest BCUT2D eigenvalue weighted by Gasteiger charge is 1.98. The summed E-state index contributed by atoms with van der Waals surface area (Å²) >= 11 is 1.81. The van der Waals surface area contributed by atoms with Gasteiger partial charge in [0.15, 0.2) is 0 Å². The van der Waals surface area contributed by atoms with Gasteiger partial charge in [-0.05, 0) is 32.2 Å². The Morgan fingerprint density at radius 1 is 1.38 bits per heavy atom. The van der Waals surface area contributed by atoms with Crippen LogP contribution in [0.5, 0.6) is 0 Å². The molecule has 0 aliphatic heterocycles. The largest absolute Gasteiger partial charge is 0.385 e. The van der Waals surface area contributed by atoms with Gasteiger partial charge in [0.2, 0.25) is 0 Å². The number of nitrogens with one attached hydrogen (secondary N) is 1. The normalized spacial score (nSPS) is 10.9. The van der Waals surface area contributed by atoms with Crippen LogP contribution in [0.25, 0.3) is 0 Å². The molecule has 0 aliphatic rings. The van der Waals surface area contributed by atoms with E-state index in [9.17, 15) is 0 Å². The van der Waals surface area contributed by atoms with E-state index in [2.05, 4.69) is 17.2 Å². The average Bonchev–Trinajstić information content (AvgIpc) is 2.76. The van der Waals surface area contributed by atoms with Crippen molar-refractivity contribution in [1.82, 2.24) is 10.3 Å². The Hall–Kier alpha value is -0.450. The van der Waals surface area contributed by atoms with E-state index in [0.29, 0.717) is 0 Å². The molecule has 4 heteroatoms. The number of unbranched alkanes of at least 4 members (excludes halogenated alkanes) is 2. The van der Waals surface area contributed by atoms with Crippen LogP contribution in [-0.4, -0.2) is 25.2 Å². The summed E-state index contributed by atoms with van der Waals surface area (Å²) in [6, 6.07) is 0. The van der Waals surface area contributed by atoms with Crippen molar-refractivity contribution in [2.24, 2.45) is 0 Å². The van der Waals surface area contributed by atoms with Gasteiger partial charge in [0.25, 0.3) is 0 Å². The molecule has 1 rings (SSSR count). The van der Waals surface area contributed by atoms with Gasteiger partial charge >= 0.3 is 0 Å². The molecule has 0 aromatic carbocycles. The molecule has 0 saturated heterocycles. The molecular formula is C12H22N2OS. The smallest absolute Gasteiger partial charge is 0.0925 e. The topological polar surface area (TPSA) is 34.2 Å². The Morgan fingerprint density at radius 2 is 2.25 bits per heavy atom. The summed E-state index contributed by atoms with van der Waals surface area (Å²) in [4.78, 5) is 5.68. The molecule has 0 atom stereocenters. The van der Waals surface area contributed by atoms with Gasteiger partial charge in [0.05, 0.1) is 5.01 Å². The summed E-state index contributed by atoms with van der Waals surface area (Å²) in [5, 5.41) is 4.68. The molecule has 0 unspecified atom stereocenters. The summed E-state index contributed by atoms with van der Waals surface area (Å²) < 4.78 is 5.01. The molecule has 1 aromatic heterocycles. The summed E-state index contributed by atoms with van der Waals surface area (Å²) in [6.07, 6.45) is 6.66. The van der Waals surface area contributed by atoms with Crippen molar-refractivity contribution in [2.75, 3.05) is 20.3 Å². The minimum Gasteiger partial charge on any atom is -0.385 e. The molecule has 16 heavy (non-hydrogen) atoms. The Bertz CT molecular complexity index is 276. The maximum atomic E-state index is 5.01. The van der Waals surface area contributed by atoms with Crippen molar-refractivity contribution < 1.29 is 4.74 Å². The first-order valence-corrected chi connectivity index (χ1v) is 6.81. The summed E-state index contributed by atoms with van der Waals surface area (Å²) in [6.45, 7) is 5.07. The molecular weight excluding hydrogens is 220 g/mol. The van der Waals surface area contributed by atoms with Gasteiger partial charge in [-0.25, -0.2) is 4.98 Å². The minimum atomic E-state index is 0.884. The second-order valence-corrected chi connectivity index (χ2v) is 5.00. The number of ether oxygens (including phenoxy) is 1. The summed E-state index contributed by atoms with van der Waals surface area (Å²) in [7, 11) is 1.76. The number of methoxy groups -OCH3 is 1. The lowest BCUT2D eigenvalue weighted by Crippen LogP contribution is -2.13. The number of hydrogen-bond donors (Lipinski definition) is 1. The van der Waals surface area contributed by atoms with Gasteiger partial charge in [0, 0.05) is 31.3 Å². The van der Waals surface area contributed by atoms with E-state index in [0.717, 1.165) is 26.1 Å². The van der Waals surface area contributed by atoms with Gasteiger partial charge in [-0.15, -0.1) is 11.3 Å². The van der Waals surface area contributed by atoms with Gasteiger partial charge in [0.1, 0.15) is 0 Å². The summed E-state index contributed by atoms with van der Waals surface area (Å²) in [5.74, 6) is 0. The molecule has 0 fully saturated rings. The fourth-order valence-corrected chi connectivity index (χ4v) is 2.31. The van der Waals surface area contributed by atoms with Crippen LogP contribution in [0.4, 0.5) is 0 Å². The Kier molecular flexibility index (Phi) is 7.38. The standard InChI is InChI=1S/C12H22N2OS/c1-3-12-14-10-11(16-12)9-13-7-5-4-6-8-15-2/h10,13H,3-9H2,1-2H3. The molecule has 0 spiro atoms. The fraction of sp³-hybridized carbons (Fsp3) is 0.750. The third-order valence-corrected chi connectivity index (χ3v) is 3.55. The predicted octanol–water partition coefficient (Wildman–Crippen LogP) is 2.61. The number of rotatable bonds is 9. The van der Waals surface area contributed by atoms with Crippen LogP contribution in [0.1, 0.15) is 36.1 Å². The quantitative estimate of drug-likeness (QED) is 0.676. The van der Waals surface area contributed by atoms with Gasteiger partial charge in [-0.1, -0.05) is 6.92 Å². The van der Waals surface area contributed by atoms with E-state index in [4.69, 9.17) is 4.74 Å². The highest BCUT2D eigenvalue weighted by atomic mass is 32.1. The van der Waals surface area contributed by atoms with E-state index in [1.165, 1.54) is 29.1 Å². The van der Waals surface area contributed by atoms with E-state index in [1.807, 2.05) is 17.5 Å². The van der Waals surface area contributed by atoms with Gasteiger partial charge in [-0.3, -0.25) is 0 Å². The maximum Gasteiger partial charge on any atom is 0.0925 e. The third kappa shape index (κ3) is 5.58. The third-order valence-electron chi connectivity index (χ3n) is 2.41. The first kappa shape index (κ1) is 13.6. The Labute approximate surface area is 102 Å². The van der Waals surface area contributed by atoms with Crippen LogP contribution < -0.4 is 5.32 Å². The zero-order valence-electron chi connectivity index (χ0n) is 10.3. The van der Waals surface area contributed by atoms with E-state index < -0.39 is 0 Å². The lowest BCUT2D eigenvalue weighted by Gasteiger charge is -2.02. The Balaban J connectivity index is 1.98. The highest BCUT2D eigenvalue weighted by Crippen LogP contribution is 2.12. The molecule has 0 bridgehead atoms. The van der Waals surface area contributed by atoms with Crippen molar-refractivity contribution in [1.29, 1.82) is 0 Å². The molecule has 1 N–H and O–H groups in total. The zero-order chi connectivity index (χ0) is 11.6. The van der Waals surface area contributed by atoms with E-state index in [-0.39, 0.29) is 0 Å². The van der Waals surface area contributed by atoms with E-state index in [1.54, 1.807) is 7.11 Å². The fourth-order valence-electron chi connectivity index (χ4n) is 1.48. The first-order chi connectivity index (χ1) is 7.86. The molecule has 0 saturated carbocycles. The van der Waals surface area contributed by atoms with Crippen LogP contribution in [0, 0.1) is 0 Å². The predicted molar refractivity (Wildman–Crippen MR) is 68.9 cm³/mol. The maximum absolute atomic E-state index is 5.01. The van der Waals surface area contributed by atoms with Crippen LogP contribution in [0.3, 0.4) is 0 Å². The number of nitrogens with zero attached hydrogens (tertiary/aromatic N) is 1. The van der Waals surface area contributed by atoms with Crippen molar-refractivity contribution in [3.63, 3.8) is 0 Å². The number of aryl methyl sites for hydroxylation is 1. The summed E-state index contributed by atoms with van der Waals surface area (Å²) in [5.41, 5.74) is 0. The van der Waals surface area contributed by atoms with Crippen LogP contribution in [0.15, 0.2) is 6.20 Å². The molecule has 1 aromatic rings. The first-order valence-electron chi connectivity index (χ1n) is 6.00. The lowest BCUT2D eigenvalue weighted by atomic mass is 10.2. The molecule has 0 radical (unpaired) electrons. The van der Waals surface area contributed by atoms with E-state index >= 15 is 0 Å². The van der Waals surface area contributed by atoms with Crippen LogP contribution in [-0.2, 0) is 17.7 Å². The molecule has 0 amide bonds. The van der Waals surface area contributed by atoms with Crippen molar-refractivity contribution in [3.8, 4) is 0 Å². The molecule has 92 valence electrons. The van der Waals surface area contributed by atoms with Crippen molar-refractivity contribution in [3.05, 3.63) is 16.1 Å². The highest BCUT2D eigenvalue weighted by molar-refractivity contribution is 7.11. The van der Waals surface area contributed by atoms with Gasteiger partial charge in [-0.2, -0.15) is 0 Å².